The number of rotatable bonds is 2. The van der Waals surface area contributed by atoms with Crippen molar-refractivity contribution in [2.45, 2.75) is 31.1 Å². The first kappa shape index (κ1) is 12.1. The van der Waals surface area contributed by atoms with Crippen LogP contribution in [0.2, 0.25) is 0 Å². The zero-order valence-electron chi connectivity index (χ0n) is 9.97. The summed E-state index contributed by atoms with van der Waals surface area (Å²) in [5.41, 5.74) is 7.43. The Morgan fingerprint density at radius 3 is 2.78 bits per heavy atom. The molecule has 0 spiro atoms. The van der Waals surface area contributed by atoms with E-state index in [1.807, 2.05) is 0 Å². The van der Waals surface area contributed by atoms with Crippen molar-refractivity contribution >= 4 is 27.0 Å². The molecule has 5 heteroatoms. The Hall–Kier alpha value is -0.940. The standard InChI is InChI=1S/C13H15BrFN3/c14-8-5-10-11(6-9(8)15)18-12(17-10)13(7-16)3-1-2-4-13/h5-6H,1-4,7,16H2,(H,17,18). The van der Waals surface area contributed by atoms with Gasteiger partial charge in [-0.1, -0.05) is 12.8 Å². The van der Waals surface area contributed by atoms with Crippen LogP contribution in [0.3, 0.4) is 0 Å². The van der Waals surface area contributed by atoms with E-state index in [4.69, 9.17) is 5.73 Å². The second-order valence-corrected chi connectivity index (χ2v) is 5.91. The topological polar surface area (TPSA) is 54.7 Å². The molecule has 3 nitrogen and oxygen atoms in total. The fraction of sp³-hybridized carbons (Fsp3) is 0.462. The molecule has 0 amide bonds. The number of fused-ring (bicyclic) bond motifs is 1. The molecule has 0 radical (unpaired) electrons. The third-order valence-corrected chi connectivity index (χ3v) is 4.59. The first-order valence-electron chi connectivity index (χ1n) is 6.20. The molecular formula is C13H15BrFN3. The summed E-state index contributed by atoms with van der Waals surface area (Å²) in [4.78, 5) is 7.85. The number of halogens is 2. The van der Waals surface area contributed by atoms with E-state index in [2.05, 4.69) is 25.9 Å². The average molecular weight is 312 g/mol. The number of benzene rings is 1. The summed E-state index contributed by atoms with van der Waals surface area (Å²) < 4.78 is 13.9. The van der Waals surface area contributed by atoms with E-state index >= 15 is 0 Å². The minimum absolute atomic E-state index is 0.0397. The first-order valence-corrected chi connectivity index (χ1v) is 6.99. The number of aromatic amines is 1. The molecule has 0 atom stereocenters. The van der Waals surface area contributed by atoms with Crippen LogP contribution in [-0.4, -0.2) is 16.5 Å². The maximum absolute atomic E-state index is 13.5. The van der Waals surface area contributed by atoms with E-state index in [-0.39, 0.29) is 11.2 Å². The number of nitrogens with two attached hydrogens (primary N) is 1. The number of aromatic nitrogens is 2. The maximum Gasteiger partial charge on any atom is 0.139 e. The van der Waals surface area contributed by atoms with Gasteiger partial charge in [0.05, 0.1) is 15.5 Å². The number of nitrogens with zero attached hydrogens (tertiary/aromatic N) is 1. The summed E-state index contributed by atoms with van der Waals surface area (Å²) >= 11 is 3.19. The minimum atomic E-state index is -0.272. The summed E-state index contributed by atoms with van der Waals surface area (Å²) in [6.45, 7) is 0.594. The van der Waals surface area contributed by atoms with Gasteiger partial charge >= 0.3 is 0 Å². The van der Waals surface area contributed by atoms with Gasteiger partial charge in [0.2, 0.25) is 0 Å². The Labute approximate surface area is 113 Å². The third kappa shape index (κ3) is 1.77. The second-order valence-electron chi connectivity index (χ2n) is 5.06. The quantitative estimate of drug-likeness (QED) is 0.894. The van der Waals surface area contributed by atoms with Gasteiger partial charge in [-0.15, -0.1) is 0 Å². The summed E-state index contributed by atoms with van der Waals surface area (Å²) in [6.07, 6.45) is 4.50. The number of imidazole rings is 1. The molecule has 1 aromatic carbocycles. The van der Waals surface area contributed by atoms with Crippen molar-refractivity contribution in [3.63, 3.8) is 0 Å². The summed E-state index contributed by atoms with van der Waals surface area (Å²) in [7, 11) is 0. The predicted molar refractivity (Wildman–Crippen MR) is 73.0 cm³/mol. The highest BCUT2D eigenvalue weighted by Gasteiger charge is 2.37. The Morgan fingerprint density at radius 2 is 2.11 bits per heavy atom. The molecule has 1 saturated carbocycles. The zero-order chi connectivity index (χ0) is 12.8. The molecule has 18 heavy (non-hydrogen) atoms. The molecule has 2 aromatic rings. The minimum Gasteiger partial charge on any atom is -0.341 e. The molecule has 1 aliphatic rings. The third-order valence-electron chi connectivity index (χ3n) is 3.98. The van der Waals surface area contributed by atoms with Crippen molar-refractivity contribution in [2.24, 2.45) is 5.73 Å². The van der Waals surface area contributed by atoms with Crippen LogP contribution in [0, 0.1) is 5.82 Å². The Morgan fingerprint density at radius 1 is 1.39 bits per heavy atom. The number of hydrogen-bond acceptors (Lipinski definition) is 2. The van der Waals surface area contributed by atoms with Crippen LogP contribution in [0.15, 0.2) is 16.6 Å². The fourth-order valence-electron chi connectivity index (χ4n) is 2.85. The maximum atomic E-state index is 13.5. The van der Waals surface area contributed by atoms with E-state index in [1.54, 1.807) is 6.07 Å². The summed E-state index contributed by atoms with van der Waals surface area (Å²) in [5, 5.41) is 0. The molecular weight excluding hydrogens is 297 g/mol. The largest absolute Gasteiger partial charge is 0.341 e. The SMILES string of the molecule is NCC1(c2nc3cc(Br)c(F)cc3[nH]2)CCCC1. The molecule has 1 fully saturated rings. The van der Waals surface area contributed by atoms with Crippen LogP contribution >= 0.6 is 15.9 Å². The number of nitrogens with one attached hydrogen (secondary N) is 1. The van der Waals surface area contributed by atoms with Gasteiger partial charge in [-0.2, -0.15) is 0 Å². The predicted octanol–water partition coefficient (Wildman–Crippen LogP) is 3.24. The molecule has 3 N–H and O–H groups in total. The molecule has 96 valence electrons. The van der Waals surface area contributed by atoms with Crippen LogP contribution in [0.5, 0.6) is 0 Å². The van der Waals surface area contributed by atoms with Crippen molar-refractivity contribution in [3.05, 3.63) is 28.2 Å². The molecule has 0 bridgehead atoms. The summed E-state index contributed by atoms with van der Waals surface area (Å²) in [5.74, 6) is 0.640. The fourth-order valence-corrected chi connectivity index (χ4v) is 3.18. The first-order chi connectivity index (χ1) is 8.64. The van der Waals surface area contributed by atoms with Gasteiger partial charge in [0, 0.05) is 18.0 Å². The van der Waals surface area contributed by atoms with Gasteiger partial charge in [-0.25, -0.2) is 9.37 Å². The lowest BCUT2D eigenvalue weighted by atomic mass is 9.85. The van der Waals surface area contributed by atoms with Gasteiger partial charge < -0.3 is 10.7 Å². The highest BCUT2D eigenvalue weighted by atomic mass is 79.9. The van der Waals surface area contributed by atoms with Crippen molar-refractivity contribution in [3.8, 4) is 0 Å². The number of hydrogen-bond donors (Lipinski definition) is 2. The molecule has 0 aliphatic heterocycles. The lowest BCUT2D eigenvalue weighted by Gasteiger charge is -2.24. The van der Waals surface area contributed by atoms with Gasteiger partial charge in [0.1, 0.15) is 11.6 Å². The van der Waals surface area contributed by atoms with Gasteiger partial charge in [-0.05, 0) is 34.8 Å². The molecule has 3 rings (SSSR count). The highest BCUT2D eigenvalue weighted by molar-refractivity contribution is 9.10. The molecule has 0 unspecified atom stereocenters. The Balaban J connectivity index is 2.13. The van der Waals surface area contributed by atoms with Crippen LogP contribution in [-0.2, 0) is 5.41 Å². The smallest absolute Gasteiger partial charge is 0.139 e. The monoisotopic (exact) mass is 311 g/mol. The molecule has 1 aromatic heterocycles. The van der Waals surface area contributed by atoms with Crippen molar-refractivity contribution < 1.29 is 4.39 Å². The summed E-state index contributed by atoms with van der Waals surface area (Å²) in [6, 6.07) is 3.19. The lowest BCUT2D eigenvalue weighted by molar-refractivity contribution is 0.430. The van der Waals surface area contributed by atoms with E-state index in [0.29, 0.717) is 11.0 Å². The average Bonchev–Trinajstić information content (AvgIpc) is 2.96. The van der Waals surface area contributed by atoms with Crippen molar-refractivity contribution in [1.82, 2.24) is 9.97 Å². The Bertz CT molecular complexity index is 548. The van der Waals surface area contributed by atoms with Gasteiger partial charge in [0.15, 0.2) is 0 Å². The lowest BCUT2D eigenvalue weighted by Crippen LogP contribution is -2.33. The second kappa shape index (κ2) is 4.31. The molecule has 1 heterocycles. The molecule has 1 aliphatic carbocycles. The highest BCUT2D eigenvalue weighted by Crippen LogP contribution is 2.39. The van der Waals surface area contributed by atoms with Gasteiger partial charge in [-0.3, -0.25) is 0 Å². The van der Waals surface area contributed by atoms with E-state index < -0.39 is 0 Å². The number of H-pyrrole nitrogens is 1. The van der Waals surface area contributed by atoms with Crippen LogP contribution in [0.4, 0.5) is 4.39 Å². The van der Waals surface area contributed by atoms with Crippen molar-refractivity contribution in [1.29, 1.82) is 0 Å². The van der Waals surface area contributed by atoms with Gasteiger partial charge in [0.25, 0.3) is 0 Å². The van der Waals surface area contributed by atoms with Crippen LogP contribution < -0.4 is 5.73 Å². The normalized spacial score (nSPS) is 18.6. The van der Waals surface area contributed by atoms with E-state index in [9.17, 15) is 4.39 Å². The van der Waals surface area contributed by atoms with E-state index in [1.165, 1.54) is 18.9 Å². The molecule has 0 saturated heterocycles. The zero-order valence-corrected chi connectivity index (χ0v) is 11.6. The van der Waals surface area contributed by atoms with E-state index in [0.717, 1.165) is 29.7 Å². The Kier molecular flexibility index (Phi) is 2.90. The van der Waals surface area contributed by atoms with Crippen molar-refractivity contribution in [2.75, 3.05) is 6.54 Å². The van der Waals surface area contributed by atoms with Crippen LogP contribution in [0.25, 0.3) is 11.0 Å². The van der Waals surface area contributed by atoms with Crippen LogP contribution in [0.1, 0.15) is 31.5 Å².